The van der Waals surface area contributed by atoms with E-state index in [1.54, 1.807) is 0 Å². The Kier molecular flexibility index (Phi) is 2.82. The van der Waals surface area contributed by atoms with Crippen molar-refractivity contribution in [2.24, 2.45) is 0 Å². The van der Waals surface area contributed by atoms with Gasteiger partial charge in [-0.1, -0.05) is 19.1 Å². The first kappa shape index (κ1) is 10.3. The lowest BCUT2D eigenvalue weighted by atomic mass is 10.1. The molecule has 82 valence electrons. The second-order valence-corrected chi connectivity index (χ2v) is 4.11. The van der Waals surface area contributed by atoms with Gasteiger partial charge in [0.25, 0.3) is 0 Å². The Hall–Kier alpha value is -1.22. The molecule has 1 aliphatic heterocycles. The fourth-order valence-electron chi connectivity index (χ4n) is 2.13. The normalized spacial score (nSPS) is 16.5. The number of nitrogens with two attached hydrogens (primary N) is 1. The van der Waals surface area contributed by atoms with Crippen molar-refractivity contribution in [2.45, 2.75) is 25.9 Å². The molecule has 0 saturated carbocycles. The van der Waals surface area contributed by atoms with Crippen LogP contribution >= 0.6 is 0 Å². The summed E-state index contributed by atoms with van der Waals surface area (Å²) >= 11 is 0. The number of aliphatic hydroxyl groups excluding tert-OH is 1. The molecule has 1 heterocycles. The summed E-state index contributed by atoms with van der Waals surface area (Å²) in [5, 5.41) is 9.65. The third-order valence-electron chi connectivity index (χ3n) is 3.02. The fourth-order valence-corrected chi connectivity index (χ4v) is 2.13. The number of fused-ring (bicyclic) bond motifs is 1. The summed E-state index contributed by atoms with van der Waals surface area (Å²) < 4.78 is 0. The minimum absolute atomic E-state index is 0.254. The molecule has 0 fully saturated rings. The molecule has 1 atom stereocenters. The second-order valence-electron chi connectivity index (χ2n) is 4.11. The lowest BCUT2D eigenvalue weighted by Gasteiger charge is -2.23. The molecule has 0 radical (unpaired) electrons. The van der Waals surface area contributed by atoms with Crippen molar-refractivity contribution >= 4 is 11.4 Å². The van der Waals surface area contributed by atoms with Crippen LogP contribution in [0.5, 0.6) is 0 Å². The lowest BCUT2D eigenvalue weighted by Crippen LogP contribution is -2.30. The van der Waals surface area contributed by atoms with Gasteiger partial charge in [-0.2, -0.15) is 0 Å². The molecule has 1 aromatic carbocycles. The highest BCUT2D eigenvalue weighted by Gasteiger charge is 2.22. The van der Waals surface area contributed by atoms with Gasteiger partial charge in [0.1, 0.15) is 0 Å². The number of para-hydroxylation sites is 1. The van der Waals surface area contributed by atoms with Gasteiger partial charge in [0.15, 0.2) is 0 Å². The molecular formula is C12H18N2O. The average molecular weight is 206 g/mol. The van der Waals surface area contributed by atoms with Crippen molar-refractivity contribution in [3.05, 3.63) is 23.8 Å². The van der Waals surface area contributed by atoms with Crippen molar-refractivity contribution in [3.8, 4) is 0 Å². The van der Waals surface area contributed by atoms with E-state index in [2.05, 4.69) is 11.0 Å². The first-order valence-electron chi connectivity index (χ1n) is 5.52. The number of hydrogen-bond donors (Lipinski definition) is 2. The van der Waals surface area contributed by atoms with Crippen molar-refractivity contribution in [1.82, 2.24) is 0 Å². The molecule has 0 spiro atoms. The highest BCUT2D eigenvalue weighted by Crippen LogP contribution is 2.33. The van der Waals surface area contributed by atoms with Crippen molar-refractivity contribution in [1.29, 1.82) is 0 Å². The molecule has 3 nitrogen and oxygen atoms in total. The molecule has 1 aromatic rings. The molecule has 1 aliphatic rings. The van der Waals surface area contributed by atoms with Crippen LogP contribution in [0.25, 0.3) is 0 Å². The molecule has 0 amide bonds. The summed E-state index contributed by atoms with van der Waals surface area (Å²) in [5.41, 5.74) is 9.22. The molecule has 3 N–H and O–H groups in total. The summed E-state index contributed by atoms with van der Waals surface area (Å²) in [6.07, 6.45) is 1.57. The maximum atomic E-state index is 9.65. The van der Waals surface area contributed by atoms with Gasteiger partial charge in [-0.05, 0) is 24.5 Å². The van der Waals surface area contributed by atoms with E-state index < -0.39 is 0 Å². The van der Waals surface area contributed by atoms with E-state index in [0.29, 0.717) is 6.54 Å². The van der Waals surface area contributed by atoms with Crippen LogP contribution in [0, 0.1) is 0 Å². The summed E-state index contributed by atoms with van der Waals surface area (Å²) in [5.74, 6) is 0. The van der Waals surface area contributed by atoms with Crippen LogP contribution in [0.1, 0.15) is 18.9 Å². The molecule has 0 aromatic heterocycles. The fraction of sp³-hybridized carbons (Fsp3) is 0.500. The van der Waals surface area contributed by atoms with Gasteiger partial charge >= 0.3 is 0 Å². The van der Waals surface area contributed by atoms with Crippen LogP contribution in [-0.2, 0) is 6.42 Å². The number of aliphatic hydroxyl groups is 1. The Balaban J connectivity index is 2.20. The standard InChI is InChI=1S/C12H18N2O/c1-2-10(15)8-14-7-6-9-4-3-5-11(13)12(9)14/h3-5,10,15H,2,6-8,13H2,1H3. The molecule has 15 heavy (non-hydrogen) atoms. The predicted octanol–water partition coefficient (Wildman–Crippen LogP) is 1.40. The molecule has 0 aliphatic carbocycles. The number of nitrogens with zero attached hydrogens (tertiary/aromatic N) is 1. The van der Waals surface area contributed by atoms with Gasteiger partial charge in [0, 0.05) is 13.1 Å². The van der Waals surface area contributed by atoms with Crippen LogP contribution in [-0.4, -0.2) is 24.3 Å². The first-order valence-corrected chi connectivity index (χ1v) is 5.52. The third kappa shape index (κ3) is 1.92. The third-order valence-corrected chi connectivity index (χ3v) is 3.02. The number of hydrogen-bond acceptors (Lipinski definition) is 3. The Labute approximate surface area is 90.5 Å². The number of nitrogen functional groups attached to an aromatic ring is 1. The van der Waals surface area contributed by atoms with Crippen LogP contribution < -0.4 is 10.6 Å². The average Bonchev–Trinajstić information content (AvgIpc) is 2.63. The number of benzene rings is 1. The Morgan fingerprint density at radius 2 is 2.33 bits per heavy atom. The summed E-state index contributed by atoms with van der Waals surface area (Å²) in [7, 11) is 0. The molecule has 1 unspecified atom stereocenters. The van der Waals surface area contributed by atoms with Crippen molar-refractivity contribution in [3.63, 3.8) is 0 Å². The highest BCUT2D eigenvalue weighted by molar-refractivity contribution is 5.74. The Morgan fingerprint density at radius 3 is 3.07 bits per heavy atom. The van der Waals surface area contributed by atoms with Gasteiger partial charge in [-0.15, -0.1) is 0 Å². The smallest absolute Gasteiger partial charge is 0.0712 e. The highest BCUT2D eigenvalue weighted by atomic mass is 16.3. The summed E-state index contributed by atoms with van der Waals surface area (Å²) in [4.78, 5) is 2.19. The Bertz CT molecular complexity index is 351. The zero-order valence-corrected chi connectivity index (χ0v) is 9.11. The maximum absolute atomic E-state index is 9.65. The van der Waals surface area contributed by atoms with Crippen LogP contribution in [0.2, 0.25) is 0 Å². The molecular weight excluding hydrogens is 188 g/mol. The number of rotatable bonds is 3. The number of anilines is 2. The van der Waals surface area contributed by atoms with Crippen molar-refractivity contribution in [2.75, 3.05) is 23.7 Å². The quantitative estimate of drug-likeness (QED) is 0.735. The van der Waals surface area contributed by atoms with E-state index in [1.165, 1.54) is 5.56 Å². The molecule has 0 saturated heterocycles. The van der Waals surface area contributed by atoms with E-state index in [-0.39, 0.29) is 6.10 Å². The van der Waals surface area contributed by atoms with Gasteiger partial charge < -0.3 is 15.7 Å². The zero-order valence-electron chi connectivity index (χ0n) is 9.11. The summed E-state index contributed by atoms with van der Waals surface area (Å²) in [6, 6.07) is 6.04. The lowest BCUT2D eigenvalue weighted by molar-refractivity contribution is 0.176. The minimum Gasteiger partial charge on any atom is -0.397 e. The van der Waals surface area contributed by atoms with Crippen LogP contribution in [0.15, 0.2) is 18.2 Å². The molecule has 2 rings (SSSR count). The van der Waals surface area contributed by atoms with Crippen LogP contribution in [0.3, 0.4) is 0 Å². The van der Waals surface area contributed by atoms with Crippen LogP contribution in [0.4, 0.5) is 11.4 Å². The van der Waals surface area contributed by atoms with E-state index in [1.807, 2.05) is 19.1 Å². The zero-order chi connectivity index (χ0) is 10.8. The first-order chi connectivity index (χ1) is 7.22. The molecule has 0 bridgehead atoms. The number of β-amino-alcohol motifs (C(OH)–C–C–N with tert-alkyl or cyclic N) is 1. The molecule has 3 heteroatoms. The van der Waals surface area contributed by atoms with E-state index in [9.17, 15) is 5.11 Å². The van der Waals surface area contributed by atoms with E-state index in [4.69, 9.17) is 5.73 Å². The van der Waals surface area contributed by atoms with Gasteiger partial charge in [-0.3, -0.25) is 0 Å². The van der Waals surface area contributed by atoms with Gasteiger partial charge in [0.05, 0.1) is 17.5 Å². The van der Waals surface area contributed by atoms with E-state index >= 15 is 0 Å². The second kappa shape index (κ2) is 4.11. The summed E-state index contributed by atoms with van der Waals surface area (Å²) in [6.45, 7) is 3.66. The van der Waals surface area contributed by atoms with E-state index in [0.717, 1.165) is 30.8 Å². The van der Waals surface area contributed by atoms with Gasteiger partial charge in [-0.25, -0.2) is 0 Å². The predicted molar refractivity (Wildman–Crippen MR) is 63.1 cm³/mol. The Morgan fingerprint density at radius 1 is 1.53 bits per heavy atom. The maximum Gasteiger partial charge on any atom is 0.0712 e. The van der Waals surface area contributed by atoms with Crippen molar-refractivity contribution < 1.29 is 5.11 Å². The minimum atomic E-state index is -0.254. The van der Waals surface area contributed by atoms with Gasteiger partial charge in [0.2, 0.25) is 0 Å². The largest absolute Gasteiger partial charge is 0.397 e. The SMILES string of the molecule is CCC(O)CN1CCc2cccc(N)c21. The monoisotopic (exact) mass is 206 g/mol. The topological polar surface area (TPSA) is 49.5 Å².